The highest BCUT2D eigenvalue weighted by atomic mass is 31.1. The summed E-state index contributed by atoms with van der Waals surface area (Å²) in [4.78, 5) is 0. The van der Waals surface area contributed by atoms with Crippen LogP contribution in [-0.2, 0) is 20.3 Å². The van der Waals surface area contributed by atoms with Crippen molar-refractivity contribution in [2.75, 3.05) is 34.0 Å². The van der Waals surface area contributed by atoms with Gasteiger partial charge < -0.3 is 18.9 Å². The highest BCUT2D eigenvalue weighted by molar-refractivity contribution is 7.73. The zero-order valence-corrected chi connectivity index (χ0v) is 23.0. The molecule has 0 aliphatic heterocycles. The second-order valence-electron chi connectivity index (χ2n) is 10.5. The van der Waals surface area contributed by atoms with Crippen LogP contribution in [-0.4, -0.2) is 34.0 Å². The Balaban J connectivity index is 2.75. The summed E-state index contributed by atoms with van der Waals surface area (Å²) in [6.45, 7) is 16.2. The van der Waals surface area contributed by atoms with Crippen molar-refractivity contribution in [1.82, 2.24) is 0 Å². The van der Waals surface area contributed by atoms with Crippen molar-refractivity contribution in [1.29, 1.82) is 0 Å². The zero-order chi connectivity index (χ0) is 24.6. The summed E-state index contributed by atoms with van der Waals surface area (Å²) in [5.74, 6) is 1.79. The van der Waals surface area contributed by atoms with Gasteiger partial charge in [0.25, 0.3) is 0 Å². The fraction of sp³-hybridized carbons (Fsp3) is 0.571. The minimum Gasteiger partial charge on any atom is -0.467 e. The molecule has 0 saturated carbocycles. The van der Waals surface area contributed by atoms with Crippen LogP contribution in [0.25, 0.3) is 0 Å². The molecule has 33 heavy (non-hydrogen) atoms. The fourth-order valence-electron chi connectivity index (χ4n) is 3.57. The van der Waals surface area contributed by atoms with E-state index in [0.717, 1.165) is 30.5 Å². The van der Waals surface area contributed by atoms with Gasteiger partial charge >= 0.3 is 0 Å². The fourth-order valence-corrected chi connectivity index (χ4v) is 6.34. The lowest BCUT2D eigenvalue weighted by molar-refractivity contribution is 0.0518. The average molecular weight is 475 g/mol. The quantitative estimate of drug-likeness (QED) is 0.276. The first kappa shape index (κ1) is 27.6. The number of hydrogen-bond donors (Lipinski definition) is 0. The van der Waals surface area contributed by atoms with Gasteiger partial charge in [0.1, 0.15) is 11.5 Å². The molecular formula is C28H43O4P. The molecule has 4 nitrogen and oxygen atoms in total. The molecule has 0 atom stereocenters. The van der Waals surface area contributed by atoms with Crippen LogP contribution in [0.1, 0.15) is 72.4 Å². The molecule has 0 aromatic heterocycles. The zero-order valence-electron chi connectivity index (χ0n) is 22.1. The largest absolute Gasteiger partial charge is 0.467 e. The van der Waals surface area contributed by atoms with Crippen molar-refractivity contribution in [3.8, 4) is 11.5 Å². The van der Waals surface area contributed by atoms with Gasteiger partial charge in [-0.1, -0.05) is 67.0 Å². The third kappa shape index (κ3) is 7.70. The minimum absolute atomic E-state index is 0.0446. The topological polar surface area (TPSA) is 36.9 Å². The van der Waals surface area contributed by atoms with Crippen molar-refractivity contribution in [2.24, 2.45) is 0 Å². The summed E-state index contributed by atoms with van der Waals surface area (Å²) in [6.07, 6.45) is 3.34. The maximum atomic E-state index is 6.08. The summed E-state index contributed by atoms with van der Waals surface area (Å²) in [7, 11) is 2.60. The lowest BCUT2D eigenvalue weighted by atomic mass is 9.87. The summed E-state index contributed by atoms with van der Waals surface area (Å²) in [6, 6.07) is 13.3. The molecule has 0 fully saturated rings. The standard InChI is InChI=1S/C28H43O4P/c1-10-11-16-33(25-17-21(27(2,3)4)12-14-23(25)31-19-29-8)26-18-22(28(5,6)7)13-15-24(26)32-20-30-9/h12-15,17-18H,10-11,16,19-20H2,1-9H3. The monoisotopic (exact) mass is 474 g/mol. The molecule has 2 aromatic carbocycles. The highest BCUT2D eigenvalue weighted by Crippen LogP contribution is 2.43. The van der Waals surface area contributed by atoms with E-state index in [0.29, 0.717) is 0 Å². The number of methoxy groups -OCH3 is 2. The average Bonchev–Trinajstić information content (AvgIpc) is 2.75. The Labute approximate surface area is 202 Å². The molecule has 184 valence electrons. The van der Waals surface area contributed by atoms with Crippen LogP contribution in [0.3, 0.4) is 0 Å². The summed E-state index contributed by atoms with van der Waals surface area (Å²) >= 11 is 0. The van der Waals surface area contributed by atoms with Gasteiger partial charge in [-0.2, -0.15) is 0 Å². The van der Waals surface area contributed by atoms with Crippen LogP contribution in [0.5, 0.6) is 11.5 Å². The van der Waals surface area contributed by atoms with E-state index in [-0.39, 0.29) is 24.4 Å². The summed E-state index contributed by atoms with van der Waals surface area (Å²) < 4.78 is 22.7. The third-order valence-electron chi connectivity index (χ3n) is 5.63. The van der Waals surface area contributed by atoms with Crippen LogP contribution in [0.2, 0.25) is 0 Å². The Hall–Kier alpha value is -1.61. The molecule has 0 radical (unpaired) electrons. The Morgan fingerprint density at radius 2 is 1.12 bits per heavy atom. The molecule has 0 aliphatic carbocycles. The van der Waals surface area contributed by atoms with Gasteiger partial charge in [-0.3, -0.25) is 0 Å². The number of ether oxygens (including phenoxy) is 4. The third-order valence-corrected chi connectivity index (χ3v) is 8.26. The molecule has 0 spiro atoms. The molecular weight excluding hydrogens is 431 g/mol. The predicted molar refractivity (Wildman–Crippen MR) is 141 cm³/mol. The van der Waals surface area contributed by atoms with E-state index in [1.807, 2.05) is 0 Å². The molecule has 0 amide bonds. The Bertz CT molecular complexity index is 811. The number of unbranched alkanes of at least 4 members (excludes halogenated alkanes) is 1. The molecule has 0 saturated heterocycles. The molecule has 5 heteroatoms. The van der Waals surface area contributed by atoms with E-state index < -0.39 is 7.92 Å². The number of benzene rings is 2. The first-order chi connectivity index (χ1) is 15.5. The smallest absolute Gasteiger partial charge is 0.188 e. The molecule has 0 bridgehead atoms. The van der Waals surface area contributed by atoms with E-state index in [4.69, 9.17) is 18.9 Å². The molecule has 0 unspecified atom stereocenters. The van der Waals surface area contributed by atoms with E-state index in [9.17, 15) is 0 Å². The van der Waals surface area contributed by atoms with E-state index >= 15 is 0 Å². The van der Waals surface area contributed by atoms with E-state index in [2.05, 4.69) is 84.9 Å². The molecule has 2 rings (SSSR count). The molecule has 0 heterocycles. The van der Waals surface area contributed by atoms with Crippen molar-refractivity contribution >= 4 is 18.5 Å². The van der Waals surface area contributed by atoms with Gasteiger partial charge in [-0.05, 0) is 66.7 Å². The van der Waals surface area contributed by atoms with E-state index in [1.165, 1.54) is 21.7 Å². The van der Waals surface area contributed by atoms with Crippen molar-refractivity contribution in [2.45, 2.75) is 72.1 Å². The van der Waals surface area contributed by atoms with Crippen molar-refractivity contribution < 1.29 is 18.9 Å². The van der Waals surface area contributed by atoms with Crippen LogP contribution in [0, 0.1) is 0 Å². The second-order valence-corrected chi connectivity index (χ2v) is 12.7. The van der Waals surface area contributed by atoms with Crippen LogP contribution >= 0.6 is 7.92 Å². The second kappa shape index (κ2) is 12.2. The Kier molecular flexibility index (Phi) is 10.2. The van der Waals surface area contributed by atoms with Gasteiger partial charge in [0, 0.05) is 24.8 Å². The van der Waals surface area contributed by atoms with E-state index in [1.54, 1.807) is 14.2 Å². The maximum absolute atomic E-state index is 6.08. The lowest BCUT2D eigenvalue weighted by Crippen LogP contribution is -2.24. The Morgan fingerprint density at radius 3 is 1.45 bits per heavy atom. The summed E-state index contributed by atoms with van der Waals surface area (Å²) in [5.41, 5.74) is 2.70. The summed E-state index contributed by atoms with van der Waals surface area (Å²) in [5, 5.41) is 2.49. The van der Waals surface area contributed by atoms with Gasteiger partial charge in [0.2, 0.25) is 0 Å². The first-order valence-corrected chi connectivity index (χ1v) is 13.4. The Morgan fingerprint density at radius 1 is 0.697 bits per heavy atom. The van der Waals surface area contributed by atoms with Gasteiger partial charge in [0.15, 0.2) is 13.6 Å². The van der Waals surface area contributed by atoms with Crippen molar-refractivity contribution in [3.63, 3.8) is 0 Å². The highest BCUT2D eigenvalue weighted by Gasteiger charge is 2.26. The van der Waals surface area contributed by atoms with Gasteiger partial charge in [-0.25, -0.2) is 0 Å². The number of hydrogen-bond acceptors (Lipinski definition) is 4. The first-order valence-electron chi connectivity index (χ1n) is 11.8. The van der Waals surface area contributed by atoms with Crippen LogP contribution in [0.15, 0.2) is 36.4 Å². The predicted octanol–water partition coefficient (Wildman–Crippen LogP) is 6.48. The maximum Gasteiger partial charge on any atom is 0.188 e. The molecule has 0 aliphatic rings. The lowest BCUT2D eigenvalue weighted by Gasteiger charge is -2.28. The van der Waals surface area contributed by atoms with Crippen molar-refractivity contribution in [3.05, 3.63) is 47.5 Å². The SMILES string of the molecule is CCCCP(c1cc(C(C)(C)C)ccc1OCOC)c1cc(C(C)(C)C)ccc1OCOC. The number of rotatable bonds is 11. The molecule has 2 aromatic rings. The minimum atomic E-state index is -0.719. The van der Waals surface area contributed by atoms with Crippen LogP contribution < -0.4 is 20.1 Å². The van der Waals surface area contributed by atoms with Crippen LogP contribution in [0.4, 0.5) is 0 Å². The molecule has 0 N–H and O–H groups in total. The van der Waals surface area contributed by atoms with Gasteiger partial charge in [0.05, 0.1) is 0 Å². The van der Waals surface area contributed by atoms with Gasteiger partial charge in [-0.15, -0.1) is 0 Å². The normalized spacial score (nSPS) is 12.3.